The average Bonchev–Trinajstić information content (AvgIpc) is 2.99. The lowest BCUT2D eigenvalue weighted by Gasteiger charge is -2.15. The molecule has 30 heavy (non-hydrogen) atoms. The Kier molecular flexibility index (Phi) is 5.06. The van der Waals surface area contributed by atoms with E-state index in [1.807, 2.05) is 31.2 Å². The third-order valence-electron chi connectivity index (χ3n) is 4.93. The number of imide groups is 1. The van der Waals surface area contributed by atoms with Crippen LogP contribution in [0.4, 0.5) is 15.8 Å². The Balaban J connectivity index is 1.84. The minimum absolute atomic E-state index is 0.142. The molecule has 0 radical (unpaired) electrons. The molecule has 0 saturated carbocycles. The van der Waals surface area contributed by atoms with E-state index in [1.165, 1.54) is 18.2 Å². The van der Waals surface area contributed by atoms with Gasteiger partial charge in [0.25, 0.3) is 11.8 Å². The molecule has 0 bridgehead atoms. The van der Waals surface area contributed by atoms with Crippen molar-refractivity contribution in [2.45, 2.75) is 6.92 Å². The lowest BCUT2D eigenvalue weighted by Crippen LogP contribution is -2.32. The molecule has 1 heterocycles. The van der Waals surface area contributed by atoms with Crippen LogP contribution < -0.4 is 15.0 Å². The quantitative estimate of drug-likeness (QED) is 0.637. The van der Waals surface area contributed by atoms with Crippen molar-refractivity contribution in [1.29, 1.82) is 0 Å². The molecule has 1 N–H and O–H groups in total. The minimum atomic E-state index is -0.542. The second-order valence-corrected chi connectivity index (χ2v) is 6.84. The van der Waals surface area contributed by atoms with Gasteiger partial charge in [0.15, 0.2) is 0 Å². The highest BCUT2D eigenvalue weighted by Gasteiger charge is 2.40. The SMILES string of the molecule is COc1ccc(C2=C(Nc3ccccc3C)C(=O)N(c3cccc(F)c3)C2=O)cc1. The first kappa shape index (κ1) is 19.4. The predicted molar refractivity (Wildman–Crippen MR) is 114 cm³/mol. The monoisotopic (exact) mass is 402 g/mol. The Morgan fingerprint density at radius 2 is 1.63 bits per heavy atom. The topological polar surface area (TPSA) is 58.6 Å². The Bertz CT molecular complexity index is 1170. The second-order valence-electron chi connectivity index (χ2n) is 6.84. The van der Waals surface area contributed by atoms with Crippen LogP contribution in [0.1, 0.15) is 11.1 Å². The first-order valence-corrected chi connectivity index (χ1v) is 9.35. The van der Waals surface area contributed by atoms with Crippen LogP contribution in [0.2, 0.25) is 0 Å². The van der Waals surface area contributed by atoms with Gasteiger partial charge in [-0.1, -0.05) is 36.4 Å². The van der Waals surface area contributed by atoms with E-state index >= 15 is 0 Å². The van der Waals surface area contributed by atoms with Crippen molar-refractivity contribution >= 4 is 28.8 Å². The van der Waals surface area contributed by atoms with Crippen LogP contribution in [-0.4, -0.2) is 18.9 Å². The number of aryl methyl sites for hydroxylation is 1. The predicted octanol–water partition coefficient (Wildman–Crippen LogP) is 4.54. The van der Waals surface area contributed by atoms with Crippen LogP contribution in [0.25, 0.3) is 5.57 Å². The number of amides is 2. The van der Waals surface area contributed by atoms with E-state index in [-0.39, 0.29) is 17.0 Å². The summed E-state index contributed by atoms with van der Waals surface area (Å²) in [6, 6.07) is 19.8. The third-order valence-corrected chi connectivity index (χ3v) is 4.93. The Hall–Kier alpha value is -3.93. The van der Waals surface area contributed by atoms with Gasteiger partial charge >= 0.3 is 0 Å². The van der Waals surface area contributed by atoms with Gasteiger partial charge in [0.2, 0.25) is 0 Å². The molecular weight excluding hydrogens is 383 g/mol. The molecule has 150 valence electrons. The highest BCUT2D eigenvalue weighted by atomic mass is 19.1. The molecule has 2 amide bonds. The number of hydrogen-bond donors (Lipinski definition) is 1. The summed E-state index contributed by atoms with van der Waals surface area (Å²) in [4.78, 5) is 27.6. The van der Waals surface area contributed by atoms with Crippen LogP contribution in [0.15, 0.2) is 78.5 Å². The first-order valence-electron chi connectivity index (χ1n) is 9.35. The lowest BCUT2D eigenvalue weighted by atomic mass is 10.0. The first-order chi connectivity index (χ1) is 14.5. The zero-order valence-electron chi connectivity index (χ0n) is 16.5. The van der Waals surface area contributed by atoms with E-state index in [2.05, 4.69) is 5.32 Å². The number of nitrogens with zero attached hydrogens (tertiary/aromatic N) is 1. The van der Waals surface area contributed by atoms with Gasteiger partial charge in [-0.2, -0.15) is 0 Å². The zero-order valence-corrected chi connectivity index (χ0v) is 16.5. The van der Waals surface area contributed by atoms with Crippen LogP contribution in [-0.2, 0) is 9.59 Å². The molecule has 1 aliphatic heterocycles. The summed E-state index contributed by atoms with van der Waals surface area (Å²) in [5.74, 6) is -0.961. The van der Waals surface area contributed by atoms with Gasteiger partial charge < -0.3 is 10.1 Å². The van der Waals surface area contributed by atoms with Gasteiger partial charge in [0.1, 0.15) is 17.3 Å². The van der Waals surface area contributed by atoms with Gasteiger partial charge in [0.05, 0.1) is 18.4 Å². The van der Waals surface area contributed by atoms with E-state index in [9.17, 15) is 14.0 Å². The van der Waals surface area contributed by atoms with Gasteiger partial charge in [0, 0.05) is 5.69 Å². The number of hydrogen-bond acceptors (Lipinski definition) is 4. The molecule has 0 spiro atoms. The fraction of sp³-hybridized carbons (Fsp3) is 0.0833. The third kappa shape index (κ3) is 3.43. The molecule has 0 aromatic heterocycles. The maximum Gasteiger partial charge on any atom is 0.282 e. The fourth-order valence-electron chi connectivity index (χ4n) is 3.37. The highest BCUT2D eigenvalue weighted by molar-refractivity contribution is 6.46. The Morgan fingerprint density at radius 1 is 0.900 bits per heavy atom. The molecular formula is C24H19FN2O3. The summed E-state index contributed by atoms with van der Waals surface area (Å²) >= 11 is 0. The molecule has 0 saturated heterocycles. The van der Waals surface area contributed by atoms with Crippen LogP contribution in [0, 0.1) is 12.7 Å². The molecule has 0 fully saturated rings. The zero-order chi connectivity index (χ0) is 21.3. The van der Waals surface area contributed by atoms with Gasteiger partial charge in [-0.3, -0.25) is 9.59 Å². The maximum atomic E-state index is 13.8. The van der Waals surface area contributed by atoms with Gasteiger partial charge in [-0.25, -0.2) is 9.29 Å². The number of carbonyl (C=O) groups is 2. The van der Waals surface area contributed by atoms with Crippen LogP contribution >= 0.6 is 0 Å². The van der Waals surface area contributed by atoms with Gasteiger partial charge in [-0.15, -0.1) is 0 Å². The van der Waals surface area contributed by atoms with Crippen molar-refractivity contribution in [1.82, 2.24) is 0 Å². The number of para-hydroxylation sites is 1. The average molecular weight is 402 g/mol. The van der Waals surface area contributed by atoms with Crippen molar-refractivity contribution < 1.29 is 18.7 Å². The number of nitrogens with one attached hydrogen (secondary N) is 1. The molecule has 4 rings (SSSR count). The Labute approximate surface area is 173 Å². The number of benzene rings is 3. The van der Waals surface area contributed by atoms with Crippen molar-refractivity contribution in [3.63, 3.8) is 0 Å². The normalized spacial score (nSPS) is 13.8. The number of methoxy groups -OCH3 is 1. The molecule has 1 aliphatic rings. The van der Waals surface area contributed by atoms with Crippen molar-refractivity contribution in [2.24, 2.45) is 0 Å². The highest BCUT2D eigenvalue weighted by Crippen LogP contribution is 2.35. The van der Waals surface area contributed by atoms with E-state index in [0.717, 1.165) is 16.5 Å². The summed E-state index contributed by atoms with van der Waals surface area (Å²) in [5, 5.41) is 3.12. The number of anilines is 2. The van der Waals surface area contributed by atoms with E-state index in [4.69, 9.17) is 4.74 Å². The van der Waals surface area contributed by atoms with Crippen LogP contribution in [0.5, 0.6) is 5.75 Å². The minimum Gasteiger partial charge on any atom is -0.497 e. The van der Waals surface area contributed by atoms with Gasteiger partial charge in [-0.05, 0) is 54.4 Å². The number of ether oxygens (including phenoxy) is 1. The molecule has 0 unspecified atom stereocenters. The Morgan fingerprint density at radius 3 is 2.30 bits per heavy atom. The summed E-state index contributed by atoms with van der Waals surface area (Å²) in [6.07, 6.45) is 0. The molecule has 0 atom stereocenters. The number of rotatable bonds is 5. The number of halogens is 1. The van der Waals surface area contributed by atoms with E-state index in [1.54, 1.807) is 31.4 Å². The maximum absolute atomic E-state index is 13.8. The largest absolute Gasteiger partial charge is 0.497 e. The summed E-state index contributed by atoms with van der Waals surface area (Å²) in [7, 11) is 1.55. The summed E-state index contributed by atoms with van der Waals surface area (Å²) in [6.45, 7) is 1.90. The summed E-state index contributed by atoms with van der Waals surface area (Å²) in [5.41, 5.74) is 2.73. The summed E-state index contributed by atoms with van der Waals surface area (Å²) < 4.78 is 19.0. The van der Waals surface area contributed by atoms with Crippen molar-refractivity contribution in [2.75, 3.05) is 17.3 Å². The van der Waals surface area contributed by atoms with Crippen LogP contribution in [0.3, 0.4) is 0 Å². The molecule has 0 aliphatic carbocycles. The second kappa shape index (κ2) is 7.83. The molecule has 3 aromatic carbocycles. The standard InChI is InChI=1S/C24H19FN2O3/c1-15-6-3-4-9-20(15)26-22-21(16-10-12-19(30-2)13-11-16)23(28)27(24(22)29)18-8-5-7-17(25)14-18/h3-14,26H,1-2H3. The number of carbonyl (C=O) groups excluding carboxylic acids is 2. The molecule has 6 heteroatoms. The van der Waals surface area contributed by atoms with E-state index < -0.39 is 17.6 Å². The fourth-order valence-corrected chi connectivity index (χ4v) is 3.37. The van der Waals surface area contributed by atoms with E-state index in [0.29, 0.717) is 17.0 Å². The van der Waals surface area contributed by atoms with Crippen molar-refractivity contribution in [3.8, 4) is 5.75 Å². The molecule has 5 nitrogen and oxygen atoms in total. The van der Waals surface area contributed by atoms with Crippen molar-refractivity contribution in [3.05, 3.63) is 95.4 Å². The lowest BCUT2D eigenvalue weighted by molar-refractivity contribution is -0.120. The smallest absolute Gasteiger partial charge is 0.282 e. The molecule has 3 aromatic rings.